The number of rotatable bonds is 7. The van der Waals surface area contributed by atoms with E-state index in [9.17, 15) is 0 Å². The third-order valence-electron chi connectivity index (χ3n) is 4.54. The fraction of sp³-hybridized carbons (Fsp3) is 0.765. The molecule has 0 radical (unpaired) electrons. The van der Waals surface area contributed by atoms with Crippen LogP contribution in [0, 0.1) is 5.92 Å². The van der Waals surface area contributed by atoms with Gasteiger partial charge in [-0.15, -0.1) is 24.0 Å². The summed E-state index contributed by atoms with van der Waals surface area (Å²) in [5.74, 6) is 1.67. The quantitative estimate of drug-likeness (QED) is 0.301. The van der Waals surface area contributed by atoms with Crippen LogP contribution in [0.5, 0.6) is 0 Å². The van der Waals surface area contributed by atoms with Gasteiger partial charge in [-0.1, -0.05) is 6.92 Å². The largest absolute Gasteiger partial charge is 0.382 e. The van der Waals surface area contributed by atoms with Crippen molar-refractivity contribution in [3.63, 3.8) is 0 Å². The first kappa shape index (κ1) is 21.2. The number of nitrogens with zero attached hydrogens (tertiary/aromatic N) is 4. The summed E-state index contributed by atoms with van der Waals surface area (Å²) in [4.78, 5) is 11.0. The molecule has 1 saturated heterocycles. The zero-order valence-corrected chi connectivity index (χ0v) is 17.5. The standard InChI is InChI=1S/C17H31N5O.HI/c1-4-23-12-6-5-8-20-17(18-3)21-10-7-15(2)16(13-21)22-11-9-19-14-22;/h9,11,14-16H,4-8,10,12-13H2,1-3H3,(H,18,20);1H. The van der Waals surface area contributed by atoms with Gasteiger partial charge in [-0.05, 0) is 32.1 Å². The van der Waals surface area contributed by atoms with Crippen molar-refractivity contribution in [2.45, 2.75) is 39.2 Å². The molecule has 0 aliphatic carbocycles. The third-order valence-corrected chi connectivity index (χ3v) is 4.54. The van der Waals surface area contributed by atoms with E-state index in [2.05, 4.69) is 37.9 Å². The van der Waals surface area contributed by atoms with Crippen LogP contribution >= 0.6 is 24.0 Å². The Morgan fingerprint density at radius 2 is 2.25 bits per heavy atom. The van der Waals surface area contributed by atoms with Gasteiger partial charge < -0.3 is 19.5 Å². The molecule has 6 nitrogen and oxygen atoms in total. The maximum Gasteiger partial charge on any atom is 0.193 e. The lowest BCUT2D eigenvalue weighted by molar-refractivity contribution is 0.143. The number of guanidine groups is 1. The molecule has 0 spiro atoms. The molecule has 0 bridgehead atoms. The Kier molecular flexibility index (Phi) is 10.3. The van der Waals surface area contributed by atoms with Crippen molar-refractivity contribution >= 4 is 29.9 Å². The van der Waals surface area contributed by atoms with Crippen molar-refractivity contribution in [1.82, 2.24) is 19.8 Å². The molecule has 2 rings (SSSR count). The number of halogens is 1. The first-order valence-electron chi connectivity index (χ1n) is 8.77. The van der Waals surface area contributed by atoms with Crippen molar-refractivity contribution in [1.29, 1.82) is 0 Å². The number of aliphatic imine (C=N–C) groups is 1. The number of piperidine rings is 1. The maximum atomic E-state index is 5.37. The lowest BCUT2D eigenvalue weighted by atomic mass is 9.93. The van der Waals surface area contributed by atoms with Gasteiger partial charge in [0.25, 0.3) is 0 Å². The molecule has 1 aromatic heterocycles. The number of likely N-dealkylation sites (tertiary alicyclic amines) is 1. The second-order valence-electron chi connectivity index (χ2n) is 6.17. The Morgan fingerprint density at radius 1 is 1.42 bits per heavy atom. The highest BCUT2D eigenvalue weighted by Gasteiger charge is 2.28. The van der Waals surface area contributed by atoms with Crippen molar-refractivity contribution in [2.75, 3.05) is 39.9 Å². The summed E-state index contributed by atoms with van der Waals surface area (Å²) in [5, 5.41) is 3.49. The summed E-state index contributed by atoms with van der Waals surface area (Å²) >= 11 is 0. The topological polar surface area (TPSA) is 54.7 Å². The van der Waals surface area contributed by atoms with Gasteiger partial charge in [0.05, 0.1) is 12.4 Å². The van der Waals surface area contributed by atoms with E-state index < -0.39 is 0 Å². The second kappa shape index (κ2) is 11.7. The van der Waals surface area contributed by atoms with Crippen LogP contribution in [0.15, 0.2) is 23.7 Å². The molecular weight excluding hydrogens is 417 g/mol. The molecule has 1 fully saturated rings. The second-order valence-corrected chi connectivity index (χ2v) is 6.17. The fourth-order valence-electron chi connectivity index (χ4n) is 3.10. The van der Waals surface area contributed by atoms with Crippen LogP contribution in [0.2, 0.25) is 0 Å². The third kappa shape index (κ3) is 6.23. The van der Waals surface area contributed by atoms with Gasteiger partial charge in [-0.2, -0.15) is 0 Å². The Morgan fingerprint density at radius 3 is 2.92 bits per heavy atom. The van der Waals surface area contributed by atoms with Crippen molar-refractivity contribution in [3.05, 3.63) is 18.7 Å². The summed E-state index contributed by atoms with van der Waals surface area (Å²) in [6, 6.07) is 0.461. The minimum Gasteiger partial charge on any atom is -0.382 e. The SMILES string of the molecule is CCOCCCCNC(=NC)N1CCC(C)C(n2ccnc2)C1.I. The zero-order valence-electron chi connectivity index (χ0n) is 15.1. The molecule has 0 aromatic carbocycles. The first-order valence-corrected chi connectivity index (χ1v) is 8.77. The van der Waals surface area contributed by atoms with E-state index in [1.807, 2.05) is 26.5 Å². The summed E-state index contributed by atoms with van der Waals surface area (Å²) in [7, 11) is 1.87. The van der Waals surface area contributed by atoms with Gasteiger partial charge in [0.15, 0.2) is 5.96 Å². The Hall–Kier alpha value is -0.830. The molecule has 138 valence electrons. The van der Waals surface area contributed by atoms with Gasteiger partial charge >= 0.3 is 0 Å². The van der Waals surface area contributed by atoms with Gasteiger partial charge in [-0.3, -0.25) is 4.99 Å². The number of hydrogen-bond acceptors (Lipinski definition) is 3. The highest BCUT2D eigenvalue weighted by molar-refractivity contribution is 14.0. The average molecular weight is 449 g/mol. The maximum absolute atomic E-state index is 5.37. The number of hydrogen-bond donors (Lipinski definition) is 1. The van der Waals surface area contributed by atoms with Crippen LogP contribution in [0.1, 0.15) is 39.2 Å². The Balaban J connectivity index is 0.00000288. The summed E-state index contributed by atoms with van der Waals surface area (Å²) in [6.07, 6.45) is 9.22. The zero-order chi connectivity index (χ0) is 16.5. The van der Waals surface area contributed by atoms with E-state index in [-0.39, 0.29) is 24.0 Å². The smallest absolute Gasteiger partial charge is 0.193 e. The van der Waals surface area contributed by atoms with Crippen molar-refractivity contribution in [2.24, 2.45) is 10.9 Å². The fourth-order valence-corrected chi connectivity index (χ4v) is 3.10. The predicted molar refractivity (Wildman–Crippen MR) is 109 cm³/mol. The van der Waals surface area contributed by atoms with E-state index in [0.29, 0.717) is 12.0 Å². The van der Waals surface area contributed by atoms with Crippen LogP contribution in [0.3, 0.4) is 0 Å². The monoisotopic (exact) mass is 449 g/mol. The van der Waals surface area contributed by atoms with E-state index in [0.717, 1.165) is 51.6 Å². The van der Waals surface area contributed by atoms with Crippen LogP contribution in [-0.2, 0) is 4.74 Å². The lowest BCUT2D eigenvalue weighted by Gasteiger charge is -2.39. The number of imidazole rings is 1. The van der Waals surface area contributed by atoms with Gasteiger partial charge in [0.2, 0.25) is 0 Å². The number of nitrogens with one attached hydrogen (secondary N) is 1. The summed E-state index contributed by atoms with van der Waals surface area (Å²) in [6.45, 7) is 9.00. The Bertz CT molecular complexity index is 466. The van der Waals surface area contributed by atoms with E-state index >= 15 is 0 Å². The van der Waals surface area contributed by atoms with Crippen LogP contribution in [0.25, 0.3) is 0 Å². The van der Waals surface area contributed by atoms with Gasteiger partial charge in [0, 0.05) is 52.3 Å². The minimum absolute atomic E-state index is 0. The van der Waals surface area contributed by atoms with Crippen molar-refractivity contribution in [3.8, 4) is 0 Å². The molecule has 1 N–H and O–H groups in total. The van der Waals surface area contributed by atoms with Crippen molar-refractivity contribution < 1.29 is 4.74 Å². The summed E-state index contributed by atoms with van der Waals surface area (Å²) in [5.41, 5.74) is 0. The van der Waals surface area contributed by atoms with E-state index in [4.69, 9.17) is 4.74 Å². The molecule has 2 atom stereocenters. The first-order chi connectivity index (χ1) is 11.3. The molecule has 1 aliphatic heterocycles. The highest BCUT2D eigenvalue weighted by Crippen LogP contribution is 2.27. The van der Waals surface area contributed by atoms with Crippen LogP contribution < -0.4 is 5.32 Å². The number of unbranched alkanes of at least 4 members (excludes halogenated alkanes) is 1. The molecule has 2 unspecified atom stereocenters. The Labute approximate surface area is 163 Å². The minimum atomic E-state index is 0. The lowest BCUT2D eigenvalue weighted by Crippen LogP contribution is -2.49. The molecule has 1 aliphatic rings. The summed E-state index contributed by atoms with van der Waals surface area (Å²) < 4.78 is 7.60. The molecular formula is C17H32IN5O. The molecule has 7 heteroatoms. The molecule has 0 saturated carbocycles. The molecule has 0 amide bonds. The van der Waals surface area contributed by atoms with Gasteiger partial charge in [-0.25, -0.2) is 4.98 Å². The van der Waals surface area contributed by atoms with E-state index in [1.54, 1.807) is 0 Å². The van der Waals surface area contributed by atoms with Crippen LogP contribution in [-0.4, -0.2) is 60.3 Å². The van der Waals surface area contributed by atoms with Crippen LogP contribution in [0.4, 0.5) is 0 Å². The van der Waals surface area contributed by atoms with Gasteiger partial charge in [0.1, 0.15) is 0 Å². The number of aromatic nitrogens is 2. The molecule has 2 heterocycles. The average Bonchev–Trinajstić information content (AvgIpc) is 3.09. The van der Waals surface area contributed by atoms with E-state index in [1.165, 1.54) is 6.42 Å². The highest BCUT2D eigenvalue weighted by atomic mass is 127. The molecule has 1 aromatic rings. The normalized spacial score (nSPS) is 21.5. The number of ether oxygens (including phenoxy) is 1. The molecule has 24 heavy (non-hydrogen) atoms. The predicted octanol–water partition coefficient (Wildman–Crippen LogP) is 2.78.